The van der Waals surface area contributed by atoms with E-state index >= 15 is 0 Å². The van der Waals surface area contributed by atoms with E-state index in [2.05, 4.69) is 20.8 Å². The molecule has 2 aromatic heterocycles. The number of rotatable bonds is 6. The summed E-state index contributed by atoms with van der Waals surface area (Å²) < 4.78 is 8.29. The van der Waals surface area contributed by atoms with Crippen molar-refractivity contribution in [2.75, 3.05) is 17.7 Å². The van der Waals surface area contributed by atoms with Gasteiger partial charge in [-0.1, -0.05) is 0 Å². The highest BCUT2D eigenvalue weighted by Gasteiger charge is 2.17. The standard InChI is InChI=1S/C19H19N7O3/c1-13-12-17(24-26(13)14-4-6-15(29-2)7-5-14)22-19(28)18(27)21-16-8-11-25(23-16)10-3-9-20/h4-8,11-12H,3,10H2,1-2H3,(H,21,23,27)(H,22,24,28). The van der Waals surface area contributed by atoms with Gasteiger partial charge in [-0.25, -0.2) is 4.68 Å². The lowest BCUT2D eigenvalue weighted by atomic mass is 10.3. The maximum atomic E-state index is 12.2. The quantitative estimate of drug-likeness (QED) is 0.616. The highest BCUT2D eigenvalue weighted by Crippen LogP contribution is 2.18. The first-order valence-electron chi connectivity index (χ1n) is 8.74. The number of nitrogens with one attached hydrogen (secondary N) is 2. The van der Waals surface area contributed by atoms with Gasteiger partial charge in [0.2, 0.25) is 0 Å². The number of amides is 2. The average Bonchev–Trinajstić information content (AvgIpc) is 3.32. The molecule has 2 amide bonds. The molecule has 1 aromatic carbocycles. The van der Waals surface area contributed by atoms with Crippen LogP contribution in [0.25, 0.3) is 5.69 Å². The first kappa shape index (κ1) is 19.6. The molecule has 0 saturated carbocycles. The summed E-state index contributed by atoms with van der Waals surface area (Å²) in [5, 5.41) is 21.9. The molecule has 2 N–H and O–H groups in total. The molecule has 3 aromatic rings. The van der Waals surface area contributed by atoms with E-state index in [-0.39, 0.29) is 11.6 Å². The topological polar surface area (TPSA) is 127 Å². The Morgan fingerprint density at radius 1 is 1.10 bits per heavy atom. The summed E-state index contributed by atoms with van der Waals surface area (Å²) in [6, 6.07) is 12.5. The second-order valence-electron chi connectivity index (χ2n) is 6.06. The molecule has 2 heterocycles. The number of carbonyl (C=O) groups is 2. The highest BCUT2D eigenvalue weighted by atomic mass is 16.5. The Morgan fingerprint density at radius 2 is 1.79 bits per heavy atom. The third kappa shape index (κ3) is 4.78. The van der Waals surface area contributed by atoms with Crippen molar-refractivity contribution < 1.29 is 14.3 Å². The van der Waals surface area contributed by atoms with E-state index in [4.69, 9.17) is 10.00 Å². The summed E-state index contributed by atoms with van der Waals surface area (Å²) in [6.07, 6.45) is 1.91. The first-order valence-corrected chi connectivity index (χ1v) is 8.74. The Hall–Kier alpha value is -4.13. The van der Waals surface area contributed by atoms with Crippen molar-refractivity contribution in [3.8, 4) is 17.5 Å². The molecule has 0 fully saturated rings. The smallest absolute Gasteiger partial charge is 0.315 e. The van der Waals surface area contributed by atoms with E-state index in [0.29, 0.717) is 13.0 Å². The molecule has 0 aliphatic rings. The number of aromatic nitrogens is 4. The zero-order valence-corrected chi connectivity index (χ0v) is 15.9. The van der Waals surface area contributed by atoms with Crippen LogP contribution in [0.4, 0.5) is 11.6 Å². The summed E-state index contributed by atoms with van der Waals surface area (Å²) >= 11 is 0. The lowest BCUT2D eigenvalue weighted by molar-refractivity contribution is -0.133. The first-order chi connectivity index (χ1) is 14.0. The molecule has 3 rings (SSSR count). The Bertz CT molecular complexity index is 1060. The van der Waals surface area contributed by atoms with E-state index < -0.39 is 11.8 Å². The molecule has 0 aliphatic heterocycles. The number of methoxy groups -OCH3 is 1. The predicted molar refractivity (Wildman–Crippen MR) is 105 cm³/mol. The van der Waals surface area contributed by atoms with Gasteiger partial charge in [-0.15, -0.1) is 5.10 Å². The van der Waals surface area contributed by atoms with E-state index in [1.54, 1.807) is 42.3 Å². The fourth-order valence-corrected chi connectivity index (χ4v) is 2.58. The zero-order valence-electron chi connectivity index (χ0n) is 15.9. The molecule has 0 saturated heterocycles. The molecule has 0 aliphatic carbocycles. The highest BCUT2D eigenvalue weighted by molar-refractivity contribution is 6.43. The summed E-state index contributed by atoms with van der Waals surface area (Å²) in [4.78, 5) is 24.3. The molecule has 10 nitrogen and oxygen atoms in total. The third-order valence-corrected chi connectivity index (χ3v) is 3.99. The number of nitriles is 1. The van der Waals surface area contributed by atoms with E-state index in [1.165, 1.54) is 4.68 Å². The largest absolute Gasteiger partial charge is 0.497 e. The molecule has 0 atom stereocenters. The van der Waals surface area contributed by atoms with Gasteiger partial charge in [0.25, 0.3) is 0 Å². The minimum Gasteiger partial charge on any atom is -0.497 e. The molecule has 148 valence electrons. The maximum absolute atomic E-state index is 12.2. The van der Waals surface area contributed by atoms with Crippen LogP contribution in [0, 0.1) is 18.3 Å². The second-order valence-corrected chi connectivity index (χ2v) is 6.06. The number of benzene rings is 1. The van der Waals surface area contributed by atoms with Gasteiger partial charge in [0, 0.05) is 24.0 Å². The Kier molecular flexibility index (Phi) is 5.89. The molecule has 29 heavy (non-hydrogen) atoms. The number of hydrogen-bond donors (Lipinski definition) is 2. The number of hydrogen-bond acceptors (Lipinski definition) is 6. The van der Waals surface area contributed by atoms with E-state index in [1.807, 2.05) is 25.1 Å². The van der Waals surface area contributed by atoms with Crippen molar-refractivity contribution in [3.05, 3.63) is 48.3 Å². The van der Waals surface area contributed by atoms with Crippen LogP contribution in [0.1, 0.15) is 12.1 Å². The van der Waals surface area contributed by atoms with Gasteiger partial charge in [0.05, 0.1) is 31.8 Å². The normalized spacial score (nSPS) is 10.2. The van der Waals surface area contributed by atoms with E-state index in [0.717, 1.165) is 17.1 Å². The van der Waals surface area contributed by atoms with Crippen molar-refractivity contribution in [2.45, 2.75) is 19.9 Å². The van der Waals surface area contributed by atoms with Crippen molar-refractivity contribution in [1.29, 1.82) is 5.26 Å². The minimum atomic E-state index is -0.868. The van der Waals surface area contributed by atoms with Crippen LogP contribution >= 0.6 is 0 Å². The van der Waals surface area contributed by atoms with Crippen molar-refractivity contribution >= 4 is 23.5 Å². The molecule has 0 bridgehead atoms. The zero-order chi connectivity index (χ0) is 20.8. The maximum Gasteiger partial charge on any atom is 0.315 e. The van der Waals surface area contributed by atoms with Crippen LogP contribution in [0.2, 0.25) is 0 Å². The van der Waals surface area contributed by atoms with Crippen LogP contribution < -0.4 is 15.4 Å². The summed E-state index contributed by atoms with van der Waals surface area (Å²) in [5.74, 6) is -0.539. The number of anilines is 2. The number of nitrogens with zero attached hydrogens (tertiary/aromatic N) is 5. The lowest BCUT2D eigenvalue weighted by Crippen LogP contribution is -2.29. The molecule has 0 unspecified atom stereocenters. The Balaban J connectivity index is 1.63. The van der Waals surface area contributed by atoms with Gasteiger partial charge in [-0.2, -0.15) is 10.4 Å². The van der Waals surface area contributed by atoms with Crippen LogP contribution in [-0.4, -0.2) is 38.5 Å². The van der Waals surface area contributed by atoms with Gasteiger partial charge < -0.3 is 15.4 Å². The lowest BCUT2D eigenvalue weighted by Gasteiger charge is -2.05. The van der Waals surface area contributed by atoms with Crippen LogP contribution in [0.3, 0.4) is 0 Å². The molecular formula is C19H19N7O3. The van der Waals surface area contributed by atoms with Gasteiger partial charge in [-0.05, 0) is 31.2 Å². The fraction of sp³-hybridized carbons (Fsp3) is 0.211. The number of carbonyl (C=O) groups excluding carboxylic acids is 2. The second kappa shape index (κ2) is 8.71. The summed E-state index contributed by atoms with van der Waals surface area (Å²) in [5.41, 5.74) is 1.57. The number of ether oxygens (including phenoxy) is 1. The van der Waals surface area contributed by atoms with E-state index in [9.17, 15) is 9.59 Å². The fourth-order valence-electron chi connectivity index (χ4n) is 2.58. The Morgan fingerprint density at radius 3 is 2.45 bits per heavy atom. The van der Waals surface area contributed by atoms with Crippen LogP contribution in [-0.2, 0) is 16.1 Å². The Labute approximate surface area is 166 Å². The van der Waals surface area contributed by atoms with Crippen molar-refractivity contribution in [3.63, 3.8) is 0 Å². The molecule has 10 heteroatoms. The van der Waals surface area contributed by atoms with Gasteiger partial charge >= 0.3 is 11.8 Å². The SMILES string of the molecule is COc1ccc(-n2nc(NC(=O)C(=O)Nc3ccn(CCC#N)n3)cc2C)cc1. The van der Waals surface area contributed by atoms with Crippen LogP contribution in [0.5, 0.6) is 5.75 Å². The number of aryl methyl sites for hydroxylation is 2. The molecule has 0 spiro atoms. The van der Waals surface area contributed by atoms with Gasteiger partial charge in [-0.3, -0.25) is 14.3 Å². The summed E-state index contributed by atoms with van der Waals surface area (Å²) in [6.45, 7) is 2.24. The summed E-state index contributed by atoms with van der Waals surface area (Å²) in [7, 11) is 1.59. The molecular weight excluding hydrogens is 374 g/mol. The average molecular weight is 393 g/mol. The predicted octanol–water partition coefficient (Wildman–Crippen LogP) is 1.88. The van der Waals surface area contributed by atoms with Gasteiger partial charge in [0.1, 0.15) is 5.75 Å². The van der Waals surface area contributed by atoms with Crippen LogP contribution in [0.15, 0.2) is 42.6 Å². The van der Waals surface area contributed by atoms with Crippen molar-refractivity contribution in [1.82, 2.24) is 19.6 Å². The minimum absolute atomic E-state index is 0.225. The third-order valence-electron chi connectivity index (χ3n) is 3.99. The van der Waals surface area contributed by atoms with Crippen molar-refractivity contribution in [2.24, 2.45) is 0 Å². The molecule has 0 radical (unpaired) electrons. The monoisotopic (exact) mass is 393 g/mol. The van der Waals surface area contributed by atoms with Gasteiger partial charge in [0.15, 0.2) is 11.6 Å².